The van der Waals surface area contributed by atoms with Gasteiger partial charge in [-0.25, -0.2) is 9.37 Å². The molecule has 0 radical (unpaired) electrons. The lowest BCUT2D eigenvalue weighted by molar-refractivity contribution is -0.116. The molecular weight excluding hydrogens is 295 g/mol. The second-order valence-corrected chi connectivity index (χ2v) is 4.70. The topological polar surface area (TPSA) is 70.7 Å². The van der Waals surface area contributed by atoms with Gasteiger partial charge in [0.2, 0.25) is 5.91 Å². The zero-order valence-electron chi connectivity index (χ0n) is 11.1. The summed E-state index contributed by atoms with van der Waals surface area (Å²) < 4.78 is 13.5. The van der Waals surface area contributed by atoms with Gasteiger partial charge in [0.15, 0.2) is 0 Å². The molecule has 0 aliphatic rings. The number of carbonyl (C=O) groups is 1. The smallest absolute Gasteiger partial charge is 0.244 e. The molecule has 1 amide bonds. The lowest BCUT2D eigenvalue weighted by atomic mass is 10.2. The third-order valence-electron chi connectivity index (χ3n) is 2.76. The van der Waals surface area contributed by atoms with Crippen LogP contribution < -0.4 is 5.32 Å². The van der Waals surface area contributed by atoms with Gasteiger partial charge in [0.25, 0.3) is 0 Å². The summed E-state index contributed by atoms with van der Waals surface area (Å²) in [6.07, 6.45) is 5.50. The van der Waals surface area contributed by atoms with Crippen LogP contribution in [0.1, 0.15) is 17.8 Å². The fraction of sp³-hybridized carbons (Fsp3) is 0.214. The molecule has 1 aromatic carbocycles. The van der Waals surface area contributed by atoms with Crippen molar-refractivity contribution in [1.82, 2.24) is 20.5 Å². The van der Waals surface area contributed by atoms with Gasteiger partial charge < -0.3 is 5.32 Å². The fourth-order valence-corrected chi connectivity index (χ4v) is 1.93. The first-order valence-electron chi connectivity index (χ1n) is 6.41. The van der Waals surface area contributed by atoms with Gasteiger partial charge in [-0.15, -0.1) is 0 Å². The van der Waals surface area contributed by atoms with Gasteiger partial charge in [0, 0.05) is 24.6 Å². The Kier molecular flexibility index (Phi) is 5.45. The molecule has 0 bridgehead atoms. The number of hydrogen-bond donors (Lipinski definition) is 2. The van der Waals surface area contributed by atoms with E-state index in [1.165, 1.54) is 30.6 Å². The molecule has 5 nitrogen and oxygen atoms in total. The first-order chi connectivity index (χ1) is 10.2. The number of H-pyrrole nitrogens is 1. The van der Waals surface area contributed by atoms with Crippen LogP contribution in [-0.2, 0) is 11.2 Å². The summed E-state index contributed by atoms with van der Waals surface area (Å²) in [6.45, 7) is 0.495. The molecule has 1 aromatic heterocycles. The number of aromatic nitrogens is 3. The molecule has 0 aliphatic heterocycles. The molecule has 2 aromatic rings. The first-order valence-corrected chi connectivity index (χ1v) is 6.79. The predicted molar refractivity (Wildman–Crippen MR) is 78.2 cm³/mol. The van der Waals surface area contributed by atoms with E-state index in [9.17, 15) is 9.18 Å². The number of hydrogen-bond acceptors (Lipinski definition) is 3. The number of amides is 1. The van der Waals surface area contributed by atoms with Crippen LogP contribution in [0.25, 0.3) is 6.08 Å². The Morgan fingerprint density at radius 1 is 1.48 bits per heavy atom. The van der Waals surface area contributed by atoms with Crippen LogP contribution in [0.4, 0.5) is 4.39 Å². The van der Waals surface area contributed by atoms with Crippen molar-refractivity contribution in [3.05, 3.63) is 52.8 Å². The summed E-state index contributed by atoms with van der Waals surface area (Å²) in [5.74, 6) is 0.0155. The van der Waals surface area contributed by atoms with E-state index in [4.69, 9.17) is 11.6 Å². The maximum atomic E-state index is 13.5. The molecule has 0 unspecified atom stereocenters. The highest BCUT2D eigenvalue weighted by Gasteiger charge is 2.04. The highest BCUT2D eigenvalue weighted by Crippen LogP contribution is 2.20. The van der Waals surface area contributed by atoms with Crippen LogP contribution in [0.3, 0.4) is 0 Å². The Labute approximate surface area is 126 Å². The Morgan fingerprint density at radius 3 is 3.05 bits per heavy atom. The summed E-state index contributed by atoms with van der Waals surface area (Å²) in [7, 11) is 0. The molecule has 2 rings (SSSR count). The van der Waals surface area contributed by atoms with Crippen molar-refractivity contribution in [1.29, 1.82) is 0 Å². The van der Waals surface area contributed by atoms with Crippen molar-refractivity contribution in [2.24, 2.45) is 0 Å². The second kappa shape index (κ2) is 7.54. The molecule has 1 heterocycles. The van der Waals surface area contributed by atoms with Crippen LogP contribution in [0.15, 0.2) is 30.6 Å². The lowest BCUT2D eigenvalue weighted by Crippen LogP contribution is -2.22. The van der Waals surface area contributed by atoms with E-state index >= 15 is 0 Å². The maximum absolute atomic E-state index is 13.5. The van der Waals surface area contributed by atoms with Crippen LogP contribution in [-0.4, -0.2) is 27.6 Å². The van der Waals surface area contributed by atoms with Crippen molar-refractivity contribution in [3.8, 4) is 0 Å². The van der Waals surface area contributed by atoms with Crippen molar-refractivity contribution in [2.75, 3.05) is 6.54 Å². The van der Waals surface area contributed by atoms with E-state index in [0.717, 1.165) is 12.2 Å². The van der Waals surface area contributed by atoms with Gasteiger partial charge in [-0.3, -0.25) is 9.89 Å². The van der Waals surface area contributed by atoms with Crippen LogP contribution >= 0.6 is 11.6 Å². The lowest BCUT2D eigenvalue weighted by Gasteiger charge is -2.02. The summed E-state index contributed by atoms with van der Waals surface area (Å²) >= 11 is 5.86. The van der Waals surface area contributed by atoms with Gasteiger partial charge >= 0.3 is 0 Å². The van der Waals surface area contributed by atoms with Crippen molar-refractivity contribution < 1.29 is 9.18 Å². The Morgan fingerprint density at radius 2 is 2.33 bits per heavy atom. The van der Waals surface area contributed by atoms with Crippen LogP contribution in [0, 0.1) is 5.82 Å². The van der Waals surface area contributed by atoms with Crippen LogP contribution in [0.2, 0.25) is 5.02 Å². The molecule has 0 aliphatic carbocycles. The van der Waals surface area contributed by atoms with E-state index in [1.54, 1.807) is 6.07 Å². The zero-order valence-corrected chi connectivity index (χ0v) is 11.9. The number of nitrogens with zero attached hydrogens (tertiary/aromatic N) is 2. The third kappa shape index (κ3) is 4.68. The normalized spacial score (nSPS) is 11.0. The zero-order chi connectivity index (χ0) is 15.1. The number of carbonyl (C=O) groups excluding carboxylic acids is 1. The molecule has 0 saturated carbocycles. The Hall–Kier alpha value is -2.21. The Bertz CT molecular complexity index is 608. The average Bonchev–Trinajstić information content (AvgIpc) is 2.96. The molecule has 0 spiro atoms. The number of aromatic amines is 1. The minimum atomic E-state index is -0.461. The number of halogens is 2. The van der Waals surface area contributed by atoms with Gasteiger partial charge in [0.1, 0.15) is 18.0 Å². The molecule has 7 heteroatoms. The van der Waals surface area contributed by atoms with E-state index in [-0.39, 0.29) is 16.5 Å². The SMILES string of the molecule is O=C(C=Cc1c(F)cccc1Cl)NCCCc1ncn[nH]1. The van der Waals surface area contributed by atoms with E-state index < -0.39 is 5.82 Å². The fourth-order valence-electron chi connectivity index (χ4n) is 1.71. The first kappa shape index (κ1) is 15.2. The average molecular weight is 309 g/mol. The molecular formula is C14H14ClFN4O. The summed E-state index contributed by atoms with van der Waals surface area (Å²) in [5, 5.41) is 9.44. The summed E-state index contributed by atoms with van der Waals surface area (Å²) in [4.78, 5) is 15.6. The largest absolute Gasteiger partial charge is 0.353 e. The van der Waals surface area contributed by atoms with Gasteiger partial charge in [-0.05, 0) is 24.6 Å². The Balaban J connectivity index is 1.77. The highest BCUT2D eigenvalue weighted by molar-refractivity contribution is 6.32. The molecule has 21 heavy (non-hydrogen) atoms. The van der Waals surface area contributed by atoms with Crippen molar-refractivity contribution in [3.63, 3.8) is 0 Å². The number of aryl methyl sites for hydroxylation is 1. The molecule has 110 valence electrons. The molecule has 0 saturated heterocycles. The standard InChI is InChI=1S/C14H14ClFN4O/c15-11-3-1-4-12(16)10(11)6-7-14(21)17-8-2-5-13-18-9-19-20-13/h1,3-4,6-7,9H,2,5,8H2,(H,17,21)(H,18,19,20). The van der Waals surface area contributed by atoms with Crippen molar-refractivity contribution >= 4 is 23.6 Å². The predicted octanol–water partition coefficient (Wildman–Crippen LogP) is 2.36. The number of rotatable bonds is 6. The van der Waals surface area contributed by atoms with E-state index in [1.807, 2.05) is 0 Å². The highest BCUT2D eigenvalue weighted by atomic mass is 35.5. The third-order valence-corrected chi connectivity index (χ3v) is 3.09. The quantitative estimate of drug-likeness (QED) is 0.636. The summed E-state index contributed by atoms with van der Waals surface area (Å²) in [5.41, 5.74) is 0.205. The van der Waals surface area contributed by atoms with Gasteiger partial charge in [0.05, 0.1) is 5.02 Å². The minimum Gasteiger partial charge on any atom is -0.353 e. The van der Waals surface area contributed by atoms with Crippen LogP contribution in [0.5, 0.6) is 0 Å². The number of nitrogens with one attached hydrogen (secondary N) is 2. The summed E-state index contributed by atoms with van der Waals surface area (Å²) in [6, 6.07) is 4.37. The second-order valence-electron chi connectivity index (χ2n) is 4.30. The van der Waals surface area contributed by atoms with Gasteiger partial charge in [-0.1, -0.05) is 17.7 Å². The monoisotopic (exact) mass is 308 g/mol. The molecule has 0 fully saturated rings. The minimum absolute atomic E-state index is 0.205. The number of benzene rings is 1. The molecule has 2 N–H and O–H groups in total. The van der Waals surface area contributed by atoms with Crippen molar-refractivity contribution in [2.45, 2.75) is 12.8 Å². The van der Waals surface area contributed by atoms with E-state index in [2.05, 4.69) is 20.5 Å². The van der Waals surface area contributed by atoms with E-state index in [0.29, 0.717) is 13.0 Å². The molecule has 0 atom stereocenters. The van der Waals surface area contributed by atoms with Gasteiger partial charge in [-0.2, -0.15) is 5.10 Å². The maximum Gasteiger partial charge on any atom is 0.244 e.